The van der Waals surface area contributed by atoms with E-state index in [1.165, 1.54) is 40.9 Å². The molecule has 9 nitrogen and oxygen atoms in total. The average Bonchev–Trinajstić information content (AvgIpc) is 3.13. The molecule has 0 bridgehead atoms. The molecule has 2 unspecified atom stereocenters. The molecule has 0 aliphatic carbocycles. The molecule has 0 saturated carbocycles. The first-order valence-electron chi connectivity index (χ1n) is 12.3. The fourth-order valence-corrected chi connectivity index (χ4v) is 5.22. The molecule has 3 aromatic rings. The Morgan fingerprint density at radius 2 is 1.85 bits per heavy atom. The Bertz CT molecular complexity index is 1520. The third-order valence-corrected chi connectivity index (χ3v) is 7.01. The lowest BCUT2D eigenvalue weighted by Crippen LogP contribution is -2.45. The highest BCUT2D eigenvalue weighted by molar-refractivity contribution is 5.98. The van der Waals surface area contributed by atoms with Crippen LogP contribution in [0, 0.1) is 25.5 Å². The van der Waals surface area contributed by atoms with Gasteiger partial charge in [-0.1, -0.05) is 0 Å². The van der Waals surface area contributed by atoms with Crippen molar-refractivity contribution in [2.45, 2.75) is 51.7 Å². The Hall–Kier alpha value is -4.41. The van der Waals surface area contributed by atoms with Gasteiger partial charge < -0.3 is 19.9 Å². The van der Waals surface area contributed by atoms with E-state index in [2.05, 4.69) is 10.3 Å². The molecule has 1 saturated heterocycles. The fraction of sp³-hybridized carbons (Fsp3) is 0.321. The van der Waals surface area contributed by atoms with Crippen molar-refractivity contribution < 1.29 is 28.3 Å². The van der Waals surface area contributed by atoms with Crippen LogP contribution in [0.25, 0.3) is 11.1 Å². The predicted molar refractivity (Wildman–Crippen MR) is 138 cm³/mol. The second-order valence-corrected chi connectivity index (χ2v) is 9.82. The third-order valence-electron chi connectivity index (χ3n) is 7.01. The molecule has 1 aliphatic heterocycles. The van der Waals surface area contributed by atoms with Gasteiger partial charge >= 0.3 is 5.97 Å². The zero-order valence-electron chi connectivity index (χ0n) is 21.9. The second kappa shape index (κ2) is 10.8. The van der Waals surface area contributed by atoms with Crippen LogP contribution in [-0.4, -0.2) is 49.4 Å². The van der Waals surface area contributed by atoms with Gasteiger partial charge in [-0.25, -0.2) is 8.78 Å². The number of nitrogens with zero attached hydrogens (tertiary/aromatic N) is 3. The average molecular weight is 539 g/mol. The largest absolute Gasteiger partial charge is 0.481 e. The van der Waals surface area contributed by atoms with E-state index in [1.54, 1.807) is 33.2 Å². The zero-order chi connectivity index (χ0) is 28.6. The minimum absolute atomic E-state index is 0.0835. The number of carboxylic acids is 1. The number of carbonyl (C=O) groups excluding carboxylic acids is 2. The minimum atomic E-state index is -1.35. The van der Waals surface area contributed by atoms with Crippen LogP contribution in [-0.2, 0) is 16.6 Å². The summed E-state index contributed by atoms with van der Waals surface area (Å²) in [7, 11) is 1.48. The van der Waals surface area contributed by atoms with Crippen LogP contribution in [0.4, 0.5) is 8.78 Å². The molecule has 1 aliphatic rings. The van der Waals surface area contributed by atoms with Gasteiger partial charge in [-0.2, -0.15) is 0 Å². The molecule has 1 fully saturated rings. The van der Waals surface area contributed by atoms with Gasteiger partial charge in [-0.15, -0.1) is 0 Å². The summed E-state index contributed by atoms with van der Waals surface area (Å²) in [5.74, 6) is -5.17. The Morgan fingerprint density at radius 3 is 2.49 bits per heavy atom. The summed E-state index contributed by atoms with van der Waals surface area (Å²) >= 11 is 0. The van der Waals surface area contributed by atoms with Crippen LogP contribution in [0.5, 0.6) is 0 Å². The van der Waals surface area contributed by atoms with E-state index in [-0.39, 0.29) is 17.5 Å². The van der Waals surface area contributed by atoms with Crippen molar-refractivity contribution in [1.29, 1.82) is 0 Å². The quantitative estimate of drug-likeness (QED) is 0.476. The van der Waals surface area contributed by atoms with Crippen molar-refractivity contribution in [2.75, 3.05) is 0 Å². The van der Waals surface area contributed by atoms with E-state index in [0.29, 0.717) is 22.3 Å². The Labute approximate surface area is 223 Å². The number of nitrogens with one attached hydrogen (secondary N) is 1. The molecule has 39 heavy (non-hydrogen) atoms. The number of rotatable bonds is 7. The normalized spacial score (nSPS) is 17.8. The SMILES string of the molecule is Cc1cncc(C)c1-c1cc(F)c(F)c(C(CC(=O)O)N2C(=O)[C@@H](NC(=O)c3cccn(C)c3=O)CC2C)c1. The van der Waals surface area contributed by atoms with Crippen molar-refractivity contribution in [3.05, 3.63) is 87.1 Å². The summed E-state index contributed by atoms with van der Waals surface area (Å²) in [6.07, 6.45) is 4.04. The molecular weight excluding hydrogens is 510 g/mol. The highest BCUT2D eigenvalue weighted by atomic mass is 19.2. The second-order valence-electron chi connectivity index (χ2n) is 9.82. The zero-order valence-corrected chi connectivity index (χ0v) is 21.9. The highest BCUT2D eigenvalue weighted by Gasteiger charge is 2.44. The van der Waals surface area contributed by atoms with E-state index in [9.17, 15) is 28.7 Å². The molecule has 11 heteroatoms. The molecule has 1 aromatic carbocycles. The minimum Gasteiger partial charge on any atom is -0.481 e. The summed E-state index contributed by atoms with van der Waals surface area (Å²) in [6.45, 7) is 5.17. The van der Waals surface area contributed by atoms with Gasteiger partial charge in [-0.3, -0.25) is 24.2 Å². The predicted octanol–water partition coefficient (Wildman–Crippen LogP) is 3.28. The van der Waals surface area contributed by atoms with E-state index in [1.807, 2.05) is 0 Å². The van der Waals surface area contributed by atoms with Gasteiger partial charge in [0.15, 0.2) is 11.6 Å². The standard InChI is InChI=1S/C28H28F2N4O5/c1-14-12-31-13-15(2)24(14)17-9-19(25(30)20(29)10-17)22(11-23(35)36)34-16(3)8-21(28(34)39)32-26(37)18-6-5-7-33(4)27(18)38/h5-7,9-10,12-13,16,21-22H,8,11H2,1-4H3,(H,32,37)(H,35,36)/t16?,21-,22?/m0/s1. The number of benzene rings is 1. The van der Waals surface area contributed by atoms with Gasteiger partial charge in [0.2, 0.25) is 5.91 Å². The van der Waals surface area contributed by atoms with Gasteiger partial charge in [0, 0.05) is 37.2 Å². The molecule has 3 heterocycles. The van der Waals surface area contributed by atoms with Crippen LogP contribution in [0.1, 0.15) is 52.9 Å². The van der Waals surface area contributed by atoms with E-state index in [0.717, 1.165) is 6.07 Å². The van der Waals surface area contributed by atoms with Crippen LogP contribution in [0.2, 0.25) is 0 Å². The topological polar surface area (TPSA) is 122 Å². The van der Waals surface area contributed by atoms with Gasteiger partial charge in [0.1, 0.15) is 11.6 Å². The summed E-state index contributed by atoms with van der Waals surface area (Å²) < 4.78 is 31.5. The summed E-state index contributed by atoms with van der Waals surface area (Å²) in [6, 6.07) is 2.18. The summed E-state index contributed by atoms with van der Waals surface area (Å²) in [5, 5.41) is 12.2. The number of amides is 2. The fourth-order valence-electron chi connectivity index (χ4n) is 5.22. The molecule has 2 N–H and O–H groups in total. The highest BCUT2D eigenvalue weighted by Crippen LogP contribution is 2.38. The number of aryl methyl sites for hydroxylation is 3. The summed E-state index contributed by atoms with van der Waals surface area (Å²) in [4.78, 5) is 55.8. The number of halogens is 2. The number of carboxylic acid groups (broad SMARTS) is 1. The van der Waals surface area contributed by atoms with Crippen molar-refractivity contribution in [3.8, 4) is 11.1 Å². The molecule has 0 spiro atoms. The van der Waals surface area contributed by atoms with Crippen LogP contribution in [0.15, 0.2) is 47.7 Å². The number of pyridine rings is 2. The van der Waals surface area contributed by atoms with Crippen LogP contribution >= 0.6 is 0 Å². The molecule has 4 rings (SSSR count). The van der Waals surface area contributed by atoms with Crippen molar-refractivity contribution in [2.24, 2.45) is 7.05 Å². The molecular formula is C28H28F2N4O5. The Kier molecular flexibility index (Phi) is 7.62. The number of hydrogen-bond acceptors (Lipinski definition) is 5. The maximum Gasteiger partial charge on any atom is 0.305 e. The monoisotopic (exact) mass is 538 g/mol. The van der Waals surface area contributed by atoms with Crippen molar-refractivity contribution >= 4 is 17.8 Å². The van der Waals surface area contributed by atoms with Crippen molar-refractivity contribution in [1.82, 2.24) is 19.8 Å². The maximum atomic E-state index is 15.3. The van der Waals surface area contributed by atoms with E-state index >= 15 is 4.39 Å². The van der Waals surface area contributed by atoms with Gasteiger partial charge in [0.25, 0.3) is 11.5 Å². The Balaban J connectivity index is 1.73. The molecule has 204 valence electrons. The number of aromatic nitrogens is 2. The first kappa shape index (κ1) is 27.6. The number of aliphatic carboxylic acids is 1. The van der Waals surface area contributed by atoms with E-state index in [4.69, 9.17) is 0 Å². The lowest BCUT2D eigenvalue weighted by Gasteiger charge is -2.32. The van der Waals surface area contributed by atoms with Gasteiger partial charge in [-0.05, 0) is 73.7 Å². The first-order chi connectivity index (χ1) is 18.4. The molecule has 3 atom stereocenters. The summed E-state index contributed by atoms with van der Waals surface area (Å²) in [5.41, 5.74) is 1.36. The lowest BCUT2D eigenvalue weighted by atomic mass is 9.92. The van der Waals surface area contributed by atoms with Gasteiger partial charge in [0.05, 0.1) is 12.5 Å². The smallest absolute Gasteiger partial charge is 0.305 e. The third kappa shape index (κ3) is 5.29. The molecule has 2 amide bonds. The molecule has 0 radical (unpaired) electrons. The lowest BCUT2D eigenvalue weighted by molar-refractivity contribution is -0.140. The van der Waals surface area contributed by atoms with Crippen LogP contribution < -0.4 is 10.9 Å². The molecule has 2 aromatic heterocycles. The van der Waals surface area contributed by atoms with E-state index < -0.39 is 59.5 Å². The number of carbonyl (C=O) groups is 3. The first-order valence-corrected chi connectivity index (χ1v) is 12.3. The number of likely N-dealkylation sites (tertiary alicyclic amines) is 1. The number of hydrogen-bond donors (Lipinski definition) is 2. The maximum absolute atomic E-state index is 15.3. The Morgan fingerprint density at radius 1 is 1.18 bits per heavy atom. The van der Waals surface area contributed by atoms with Crippen LogP contribution in [0.3, 0.4) is 0 Å². The van der Waals surface area contributed by atoms with Crippen molar-refractivity contribution in [3.63, 3.8) is 0 Å².